The van der Waals surface area contributed by atoms with Crippen LogP contribution in [0.4, 0.5) is 5.82 Å². The topological polar surface area (TPSA) is 65.9 Å². The Morgan fingerprint density at radius 1 is 1.19 bits per heavy atom. The van der Waals surface area contributed by atoms with Crippen LogP contribution < -0.4 is 9.64 Å². The van der Waals surface area contributed by atoms with Crippen molar-refractivity contribution >= 4 is 11.7 Å². The van der Waals surface area contributed by atoms with Gasteiger partial charge in [-0.1, -0.05) is 26.0 Å². The van der Waals surface area contributed by atoms with Crippen LogP contribution in [0.25, 0.3) is 0 Å². The van der Waals surface area contributed by atoms with Crippen molar-refractivity contribution < 1.29 is 14.6 Å². The first-order valence-corrected chi connectivity index (χ1v) is 9.05. The highest BCUT2D eigenvalue weighted by molar-refractivity contribution is 5.95. The molecule has 6 nitrogen and oxygen atoms in total. The molecular weight excluding hydrogens is 342 g/mol. The first kappa shape index (κ1) is 20.7. The van der Waals surface area contributed by atoms with Crippen molar-refractivity contribution in [2.45, 2.75) is 26.4 Å². The number of ether oxygens (including phenoxy) is 1. The molecule has 1 aromatic carbocycles. The summed E-state index contributed by atoms with van der Waals surface area (Å²) in [6.07, 6.45) is 1.64. The molecule has 2 rings (SSSR count). The molecular formula is C21H29N3O3. The van der Waals surface area contributed by atoms with Crippen LogP contribution in [0, 0.1) is 5.92 Å². The molecule has 0 unspecified atom stereocenters. The lowest BCUT2D eigenvalue weighted by Gasteiger charge is -2.33. The Balaban J connectivity index is 2.36. The Morgan fingerprint density at radius 3 is 2.37 bits per heavy atom. The van der Waals surface area contributed by atoms with E-state index in [0.29, 0.717) is 12.1 Å². The van der Waals surface area contributed by atoms with Crippen LogP contribution in [0.5, 0.6) is 5.75 Å². The van der Waals surface area contributed by atoms with E-state index >= 15 is 0 Å². The van der Waals surface area contributed by atoms with E-state index < -0.39 is 0 Å². The summed E-state index contributed by atoms with van der Waals surface area (Å²) in [5.74, 6) is 1.48. The summed E-state index contributed by atoms with van der Waals surface area (Å²) in [6.45, 7) is 4.33. The lowest BCUT2D eigenvalue weighted by Crippen LogP contribution is -2.45. The van der Waals surface area contributed by atoms with Crippen molar-refractivity contribution in [1.82, 2.24) is 9.88 Å². The van der Waals surface area contributed by atoms with Crippen molar-refractivity contribution in [2.75, 3.05) is 32.7 Å². The van der Waals surface area contributed by atoms with E-state index in [1.54, 1.807) is 30.3 Å². The monoisotopic (exact) mass is 371 g/mol. The molecule has 1 atom stereocenters. The minimum atomic E-state index is -0.282. The Kier molecular flexibility index (Phi) is 7.19. The Hall–Kier alpha value is -2.60. The number of nitrogens with zero attached hydrogens (tertiary/aromatic N) is 3. The maximum absolute atomic E-state index is 13.3. The Bertz CT molecular complexity index is 745. The molecule has 1 aromatic heterocycles. The van der Waals surface area contributed by atoms with Gasteiger partial charge in [0.25, 0.3) is 5.91 Å². The molecule has 0 radical (unpaired) electrons. The van der Waals surface area contributed by atoms with E-state index in [4.69, 9.17) is 4.74 Å². The molecule has 1 heterocycles. The fourth-order valence-electron chi connectivity index (χ4n) is 2.90. The molecule has 0 saturated carbocycles. The molecule has 1 N–H and O–H groups in total. The minimum Gasteiger partial charge on any atom is -0.497 e. The van der Waals surface area contributed by atoms with Crippen LogP contribution in [-0.2, 0) is 6.54 Å². The van der Waals surface area contributed by atoms with Gasteiger partial charge in [-0.3, -0.25) is 4.79 Å². The predicted molar refractivity (Wildman–Crippen MR) is 107 cm³/mol. The van der Waals surface area contributed by atoms with Gasteiger partial charge in [0, 0.05) is 32.4 Å². The molecule has 0 spiro atoms. The maximum atomic E-state index is 13.3. The average molecular weight is 371 g/mol. The summed E-state index contributed by atoms with van der Waals surface area (Å²) < 4.78 is 5.20. The standard InChI is InChI=1S/C21H29N3O3/c1-15(2)19(14-25)24(13-16-6-8-18(27-5)9-7-16)21(26)17-10-11-22-20(12-17)23(3)4/h6-12,15,19,25H,13-14H2,1-5H3/t19-/m1/s1. The second-order valence-corrected chi connectivity index (χ2v) is 7.07. The lowest BCUT2D eigenvalue weighted by molar-refractivity contribution is 0.0482. The number of benzene rings is 1. The first-order valence-electron chi connectivity index (χ1n) is 9.05. The highest BCUT2D eigenvalue weighted by atomic mass is 16.5. The van der Waals surface area contributed by atoms with Gasteiger partial charge in [-0.15, -0.1) is 0 Å². The number of anilines is 1. The van der Waals surface area contributed by atoms with Crippen LogP contribution in [0.1, 0.15) is 29.8 Å². The molecule has 0 aliphatic rings. The van der Waals surface area contributed by atoms with Gasteiger partial charge < -0.3 is 19.6 Å². The number of aliphatic hydroxyl groups excluding tert-OH is 1. The summed E-state index contributed by atoms with van der Waals surface area (Å²) >= 11 is 0. The zero-order valence-electron chi connectivity index (χ0n) is 16.7. The molecule has 0 aliphatic carbocycles. The molecule has 0 saturated heterocycles. The van der Waals surface area contributed by atoms with Gasteiger partial charge in [0.05, 0.1) is 19.8 Å². The SMILES string of the molecule is COc1ccc(CN(C(=O)c2ccnc(N(C)C)c2)[C@H](CO)C(C)C)cc1. The third-order valence-corrected chi connectivity index (χ3v) is 4.58. The van der Waals surface area contributed by atoms with Crippen LogP contribution in [-0.4, -0.2) is 54.8 Å². The Labute approximate surface area is 161 Å². The van der Waals surface area contributed by atoms with Crippen LogP contribution >= 0.6 is 0 Å². The summed E-state index contributed by atoms with van der Waals surface area (Å²) in [4.78, 5) is 21.2. The number of amides is 1. The van der Waals surface area contributed by atoms with Gasteiger partial charge in [-0.05, 0) is 35.7 Å². The van der Waals surface area contributed by atoms with Crippen LogP contribution in [0.15, 0.2) is 42.6 Å². The van der Waals surface area contributed by atoms with E-state index in [-0.39, 0.29) is 24.5 Å². The van der Waals surface area contributed by atoms with Gasteiger partial charge in [0.1, 0.15) is 11.6 Å². The highest BCUT2D eigenvalue weighted by Gasteiger charge is 2.27. The Morgan fingerprint density at radius 2 is 1.85 bits per heavy atom. The number of carbonyl (C=O) groups is 1. The van der Waals surface area contributed by atoms with E-state index in [2.05, 4.69) is 4.98 Å². The van der Waals surface area contributed by atoms with Crippen LogP contribution in [0.3, 0.4) is 0 Å². The largest absolute Gasteiger partial charge is 0.497 e. The smallest absolute Gasteiger partial charge is 0.254 e. The fourth-order valence-corrected chi connectivity index (χ4v) is 2.90. The minimum absolute atomic E-state index is 0.0921. The molecule has 1 amide bonds. The van der Waals surface area contributed by atoms with Crippen molar-refractivity contribution in [3.63, 3.8) is 0 Å². The van der Waals surface area contributed by atoms with Crippen molar-refractivity contribution in [2.24, 2.45) is 5.92 Å². The van der Waals surface area contributed by atoms with Crippen LogP contribution in [0.2, 0.25) is 0 Å². The number of methoxy groups -OCH3 is 1. The van der Waals surface area contributed by atoms with Gasteiger partial charge >= 0.3 is 0 Å². The number of pyridine rings is 1. The average Bonchev–Trinajstić information content (AvgIpc) is 2.67. The molecule has 27 heavy (non-hydrogen) atoms. The third kappa shape index (κ3) is 5.20. The van der Waals surface area contributed by atoms with Crippen molar-refractivity contribution in [3.05, 3.63) is 53.7 Å². The second-order valence-electron chi connectivity index (χ2n) is 7.07. The lowest BCUT2D eigenvalue weighted by atomic mass is 10.0. The van der Waals surface area contributed by atoms with Gasteiger partial charge in [-0.25, -0.2) is 4.98 Å². The molecule has 0 aliphatic heterocycles. The van der Waals surface area contributed by atoms with E-state index in [1.165, 1.54) is 0 Å². The second kappa shape index (κ2) is 9.37. The summed E-state index contributed by atoms with van der Waals surface area (Å²) in [5, 5.41) is 9.93. The molecule has 0 bridgehead atoms. The fraction of sp³-hybridized carbons (Fsp3) is 0.429. The predicted octanol–water partition coefficient (Wildman–Crippen LogP) is 2.82. The molecule has 6 heteroatoms. The third-order valence-electron chi connectivity index (χ3n) is 4.58. The molecule has 0 fully saturated rings. The number of carbonyl (C=O) groups excluding carboxylic acids is 1. The van der Waals surface area contributed by atoms with Crippen molar-refractivity contribution in [1.29, 1.82) is 0 Å². The summed E-state index contributed by atoms with van der Waals surface area (Å²) in [5.41, 5.74) is 1.53. The number of rotatable bonds is 8. The molecule has 146 valence electrons. The summed E-state index contributed by atoms with van der Waals surface area (Å²) in [6, 6.07) is 10.8. The van der Waals surface area contributed by atoms with Crippen molar-refractivity contribution in [3.8, 4) is 5.75 Å². The quantitative estimate of drug-likeness (QED) is 0.773. The van der Waals surface area contributed by atoms with E-state index in [0.717, 1.165) is 17.1 Å². The van der Waals surface area contributed by atoms with Gasteiger partial charge in [0.15, 0.2) is 0 Å². The molecule has 2 aromatic rings. The number of aromatic nitrogens is 1. The maximum Gasteiger partial charge on any atom is 0.254 e. The highest BCUT2D eigenvalue weighted by Crippen LogP contribution is 2.21. The normalized spacial score (nSPS) is 12.0. The number of hydrogen-bond donors (Lipinski definition) is 1. The summed E-state index contributed by atoms with van der Waals surface area (Å²) in [7, 11) is 5.39. The van der Waals surface area contributed by atoms with E-state index in [1.807, 2.05) is 57.1 Å². The zero-order chi connectivity index (χ0) is 20.0. The number of aliphatic hydroxyl groups is 1. The van der Waals surface area contributed by atoms with Gasteiger partial charge in [0.2, 0.25) is 0 Å². The van der Waals surface area contributed by atoms with Gasteiger partial charge in [-0.2, -0.15) is 0 Å². The first-order chi connectivity index (χ1) is 12.9. The zero-order valence-corrected chi connectivity index (χ0v) is 16.7. The van der Waals surface area contributed by atoms with E-state index in [9.17, 15) is 9.90 Å². The number of hydrogen-bond acceptors (Lipinski definition) is 5.